The van der Waals surface area contributed by atoms with Crippen LogP contribution in [0.5, 0.6) is 5.75 Å². The second kappa shape index (κ2) is 13.1. The van der Waals surface area contributed by atoms with E-state index in [4.69, 9.17) is 20.3 Å². The molecule has 6 N–H and O–H groups in total. The first kappa shape index (κ1) is 26.6. The molecule has 4 atom stereocenters. The molecule has 0 unspecified atom stereocenters. The Bertz CT molecular complexity index is 732. The van der Waals surface area contributed by atoms with Crippen LogP contribution in [0.2, 0.25) is 0 Å². The van der Waals surface area contributed by atoms with Crippen LogP contribution in [0.1, 0.15) is 25.3 Å². The summed E-state index contributed by atoms with van der Waals surface area (Å²) < 4.78 is 10.6. The van der Waals surface area contributed by atoms with Crippen molar-refractivity contribution in [2.45, 2.75) is 50.5 Å². The number of esters is 1. The van der Waals surface area contributed by atoms with Crippen LogP contribution in [0, 0.1) is 0 Å². The van der Waals surface area contributed by atoms with Crippen molar-refractivity contribution in [2.75, 3.05) is 19.7 Å². The average molecular weight is 460 g/mol. The minimum Gasteiger partial charge on any atom is -0.484 e. The molecule has 0 saturated carbocycles. The summed E-state index contributed by atoms with van der Waals surface area (Å²) in [5.41, 5.74) is 6.31. The van der Waals surface area contributed by atoms with Gasteiger partial charge in [-0.3, -0.25) is 9.59 Å². The van der Waals surface area contributed by atoms with E-state index in [2.05, 4.69) is 10.6 Å². The predicted octanol–water partition coefficient (Wildman–Crippen LogP) is -0.398. The van der Waals surface area contributed by atoms with Gasteiger partial charge in [-0.15, -0.1) is 12.4 Å². The minimum absolute atomic E-state index is 0. The highest BCUT2D eigenvalue weighted by Crippen LogP contribution is 2.19. The first-order valence-electron chi connectivity index (χ1n) is 9.82. The number of hydrogen-bond donors (Lipinski definition) is 5. The van der Waals surface area contributed by atoms with Crippen molar-refractivity contribution in [2.24, 2.45) is 5.73 Å². The number of ether oxygens (including phenoxy) is 2. The lowest BCUT2D eigenvalue weighted by Gasteiger charge is -2.21. The van der Waals surface area contributed by atoms with Crippen LogP contribution in [0.4, 0.5) is 0 Å². The molecular formula is C20H30ClN3O7. The molecule has 10 nitrogen and oxygen atoms in total. The molecule has 1 aliphatic heterocycles. The summed E-state index contributed by atoms with van der Waals surface area (Å²) in [7, 11) is 0. The van der Waals surface area contributed by atoms with E-state index in [-0.39, 0.29) is 31.5 Å². The third-order valence-electron chi connectivity index (χ3n) is 4.75. The molecule has 0 aliphatic carbocycles. The third kappa shape index (κ3) is 8.70. The van der Waals surface area contributed by atoms with Gasteiger partial charge in [-0.05, 0) is 43.5 Å². The number of β-amino-alcohol motifs (C(OH)–C–C–N with tert-alkyl or cyclic N) is 1. The summed E-state index contributed by atoms with van der Waals surface area (Å²) in [6.07, 6.45) is -0.0741. The third-order valence-corrected chi connectivity index (χ3v) is 4.75. The maximum Gasteiger partial charge on any atom is 0.326 e. The Morgan fingerprint density at radius 3 is 2.55 bits per heavy atom. The number of carbonyl (C=O) groups is 3. The average Bonchev–Trinajstić information content (AvgIpc) is 3.03. The Kier molecular flexibility index (Phi) is 11.3. The smallest absolute Gasteiger partial charge is 0.326 e. The van der Waals surface area contributed by atoms with E-state index in [1.54, 1.807) is 12.1 Å². The molecule has 31 heavy (non-hydrogen) atoms. The maximum absolute atomic E-state index is 11.9. The fraction of sp³-hybridized carbons (Fsp3) is 0.550. The quantitative estimate of drug-likeness (QED) is 0.277. The summed E-state index contributed by atoms with van der Waals surface area (Å²) >= 11 is 0. The highest BCUT2D eigenvalue weighted by Gasteiger charge is 2.37. The van der Waals surface area contributed by atoms with E-state index in [9.17, 15) is 19.5 Å². The first-order chi connectivity index (χ1) is 14.3. The van der Waals surface area contributed by atoms with Gasteiger partial charge >= 0.3 is 11.9 Å². The van der Waals surface area contributed by atoms with E-state index in [0.29, 0.717) is 31.7 Å². The lowest BCUT2D eigenvalue weighted by Crippen LogP contribution is -2.43. The van der Waals surface area contributed by atoms with Crippen molar-refractivity contribution < 1.29 is 34.1 Å². The molecule has 0 bridgehead atoms. The standard InChI is InChI=1S/C20H29N3O7.ClH/c1-12(24)30-19-16(22-10-17(19)25)9-13-4-6-14(7-5-13)29-11-18(26)23-15(20(27)28)3-2-8-21;/h4-7,15-17,19,22,25H,2-3,8-11,21H2,1H3,(H,23,26)(H,27,28);1H/t15-,16+,17-,19-;/m0./s1. The molecule has 1 amide bonds. The summed E-state index contributed by atoms with van der Waals surface area (Å²) in [5.74, 6) is -1.63. The zero-order chi connectivity index (χ0) is 22.1. The number of aliphatic hydroxyl groups is 1. The Morgan fingerprint density at radius 1 is 1.29 bits per heavy atom. The van der Waals surface area contributed by atoms with Crippen LogP contribution in [0.15, 0.2) is 24.3 Å². The number of hydrogen-bond acceptors (Lipinski definition) is 8. The number of nitrogens with two attached hydrogens (primary N) is 1. The molecule has 1 aromatic rings. The SMILES string of the molecule is CC(=O)O[C@@H]1[C@@H](O)CN[C@@H]1Cc1ccc(OCC(=O)N[C@@H](CCCN)C(=O)O)cc1.Cl. The zero-order valence-corrected chi connectivity index (χ0v) is 18.1. The van der Waals surface area contributed by atoms with Crippen LogP contribution in [0.25, 0.3) is 0 Å². The topological polar surface area (TPSA) is 160 Å². The normalized spacial score (nSPS) is 20.9. The van der Waals surface area contributed by atoms with Gasteiger partial charge in [0.15, 0.2) is 6.61 Å². The van der Waals surface area contributed by atoms with Crippen molar-refractivity contribution in [3.05, 3.63) is 29.8 Å². The molecule has 1 heterocycles. The van der Waals surface area contributed by atoms with Crippen molar-refractivity contribution in [3.63, 3.8) is 0 Å². The molecule has 1 saturated heterocycles. The fourth-order valence-electron chi connectivity index (χ4n) is 3.25. The second-order valence-corrected chi connectivity index (χ2v) is 7.18. The van der Waals surface area contributed by atoms with E-state index in [1.807, 2.05) is 12.1 Å². The second-order valence-electron chi connectivity index (χ2n) is 7.18. The van der Waals surface area contributed by atoms with E-state index >= 15 is 0 Å². The number of halogens is 1. The zero-order valence-electron chi connectivity index (χ0n) is 17.3. The van der Waals surface area contributed by atoms with E-state index in [0.717, 1.165) is 5.56 Å². The fourth-order valence-corrected chi connectivity index (χ4v) is 3.25. The number of carbonyl (C=O) groups excluding carboxylic acids is 2. The van der Waals surface area contributed by atoms with Gasteiger partial charge in [-0.1, -0.05) is 12.1 Å². The number of aliphatic carboxylic acids is 1. The molecule has 1 aliphatic rings. The molecule has 2 rings (SSSR count). The van der Waals surface area contributed by atoms with Crippen LogP contribution in [-0.2, 0) is 25.5 Å². The number of benzene rings is 1. The number of aliphatic hydroxyl groups excluding tert-OH is 1. The van der Waals surface area contributed by atoms with Gasteiger partial charge in [0.25, 0.3) is 5.91 Å². The number of carboxylic acid groups (broad SMARTS) is 1. The molecule has 1 aromatic carbocycles. The molecular weight excluding hydrogens is 430 g/mol. The van der Waals surface area contributed by atoms with Crippen LogP contribution in [-0.4, -0.2) is 72.0 Å². The minimum atomic E-state index is -1.11. The summed E-state index contributed by atoms with van der Waals surface area (Å²) in [5, 5.41) is 24.6. The van der Waals surface area contributed by atoms with Crippen molar-refractivity contribution in [1.29, 1.82) is 0 Å². The van der Waals surface area contributed by atoms with Gasteiger partial charge in [0.1, 0.15) is 24.0 Å². The monoisotopic (exact) mass is 459 g/mol. The van der Waals surface area contributed by atoms with Gasteiger partial charge in [0.05, 0.1) is 6.04 Å². The van der Waals surface area contributed by atoms with Crippen LogP contribution >= 0.6 is 12.4 Å². The van der Waals surface area contributed by atoms with Gasteiger partial charge in [-0.2, -0.15) is 0 Å². The van der Waals surface area contributed by atoms with Crippen molar-refractivity contribution in [3.8, 4) is 5.75 Å². The van der Waals surface area contributed by atoms with Gasteiger partial charge in [0.2, 0.25) is 0 Å². The highest BCUT2D eigenvalue weighted by atomic mass is 35.5. The predicted molar refractivity (Wildman–Crippen MR) is 114 cm³/mol. The molecule has 11 heteroatoms. The largest absolute Gasteiger partial charge is 0.484 e. The van der Waals surface area contributed by atoms with Crippen LogP contribution < -0.4 is 21.1 Å². The van der Waals surface area contributed by atoms with Gasteiger partial charge in [0, 0.05) is 13.5 Å². The van der Waals surface area contributed by atoms with Gasteiger partial charge in [-0.25, -0.2) is 4.79 Å². The lowest BCUT2D eigenvalue weighted by molar-refractivity contribution is -0.151. The van der Waals surface area contributed by atoms with Crippen molar-refractivity contribution >= 4 is 30.3 Å². The Labute approximate surface area is 186 Å². The molecule has 174 valence electrons. The molecule has 1 fully saturated rings. The molecule has 0 radical (unpaired) electrons. The Hall–Kier alpha value is -2.40. The molecule has 0 spiro atoms. The maximum atomic E-state index is 11.9. The Balaban J connectivity index is 0.00000480. The summed E-state index contributed by atoms with van der Waals surface area (Å²) in [4.78, 5) is 34.3. The number of nitrogens with one attached hydrogen (secondary N) is 2. The number of amides is 1. The Morgan fingerprint density at radius 2 is 1.97 bits per heavy atom. The summed E-state index contributed by atoms with van der Waals surface area (Å²) in [6, 6.07) is 5.81. The van der Waals surface area contributed by atoms with Crippen molar-refractivity contribution in [1.82, 2.24) is 10.6 Å². The van der Waals surface area contributed by atoms with Gasteiger partial charge < -0.3 is 36.1 Å². The lowest BCUT2D eigenvalue weighted by atomic mass is 10.0. The first-order valence-corrected chi connectivity index (χ1v) is 9.82. The highest BCUT2D eigenvalue weighted by molar-refractivity contribution is 5.85. The van der Waals surface area contributed by atoms with E-state index in [1.165, 1.54) is 6.92 Å². The number of rotatable bonds is 11. The summed E-state index contributed by atoms with van der Waals surface area (Å²) in [6.45, 7) is 1.69. The number of carboxylic acids is 1. The van der Waals surface area contributed by atoms with E-state index < -0.39 is 36.1 Å². The van der Waals surface area contributed by atoms with Crippen LogP contribution in [0.3, 0.4) is 0 Å². The molecule has 0 aromatic heterocycles.